The third-order valence-corrected chi connectivity index (χ3v) is 3.83. The first-order valence-corrected chi connectivity index (χ1v) is 7.23. The van der Waals surface area contributed by atoms with Crippen LogP contribution in [0.15, 0.2) is 42.5 Å². The molecule has 3 rings (SSSR count). The predicted octanol–water partition coefficient (Wildman–Crippen LogP) is 4.67. The maximum Gasteiger partial charge on any atom is 0.142 e. The summed E-state index contributed by atoms with van der Waals surface area (Å²) in [5.41, 5.74) is 3.21. The zero-order valence-electron chi connectivity index (χ0n) is 12.6. The van der Waals surface area contributed by atoms with Crippen molar-refractivity contribution in [3.8, 4) is 5.75 Å². The van der Waals surface area contributed by atoms with Gasteiger partial charge in [-0.2, -0.15) is 0 Å². The molecule has 0 saturated carbocycles. The van der Waals surface area contributed by atoms with Gasteiger partial charge in [0.1, 0.15) is 18.2 Å². The zero-order valence-corrected chi connectivity index (χ0v) is 12.6. The Bertz CT molecular complexity index is 661. The number of anilines is 1. The number of ether oxygens (including phenoxy) is 1. The van der Waals surface area contributed by atoms with Crippen LogP contribution in [0.25, 0.3) is 0 Å². The minimum atomic E-state index is -0.219. The van der Waals surface area contributed by atoms with Gasteiger partial charge in [0.05, 0.1) is 11.7 Å². The van der Waals surface area contributed by atoms with Crippen molar-refractivity contribution in [1.29, 1.82) is 0 Å². The lowest BCUT2D eigenvalue weighted by atomic mass is 9.86. The van der Waals surface area contributed by atoms with Crippen LogP contribution < -0.4 is 10.1 Å². The Morgan fingerprint density at radius 1 is 1.14 bits per heavy atom. The van der Waals surface area contributed by atoms with Gasteiger partial charge in [-0.25, -0.2) is 4.39 Å². The van der Waals surface area contributed by atoms with Crippen molar-refractivity contribution in [3.05, 3.63) is 59.4 Å². The fourth-order valence-electron chi connectivity index (χ4n) is 2.54. The van der Waals surface area contributed by atoms with Gasteiger partial charge in [-0.1, -0.05) is 39.0 Å². The quantitative estimate of drug-likeness (QED) is 0.822. The molecule has 1 aliphatic rings. The van der Waals surface area contributed by atoms with Crippen molar-refractivity contribution in [3.63, 3.8) is 0 Å². The van der Waals surface area contributed by atoms with Gasteiger partial charge in [0, 0.05) is 0 Å². The minimum Gasteiger partial charge on any atom is -0.489 e. The molecule has 3 heteroatoms. The van der Waals surface area contributed by atoms with Crippen LogP contribution in [0.1, 0.15) is 37.9 Å². The SMILES string of the molecule is CC(C)(C)c1ccc2c(c1)N[C@@H](c1cccc(F)c1)CO2. The summed E-state index contributed by atoms with van der Waals surface area (Å²) < 4.78 is 19.2. The van der Waals surface area contributed by atoms with E-state index in [1.165, 1.54) is 11.6 Å². The summed E-state index contributed by atoms with van der Waals surface area (Å²) >= 11 is 0. The van der Waals surface area contributed by atoms with E-state index in [-0.39, 0.29) is 17.3 Å². The summed E-state index contributed by atoms with van der Waals surface area (Å²) in [7, 11) is 0. The number of nitrogens with one attached hydrogen (secondary N) is 1. The number of halogens is 1. The van der Waals surface area contributed by atoms with Gasteiger partial charge < -0.3 is 10.1 Å². The molecule has 1 heterocycles. The van der Waals surface area contributed by atoms with Crippen molar-refractivity contribution in [2.45, 2.75) is 32.2 Å². The molecule has 0 unspecified atom stereocenters. The third kappa shape index (κ3) is 2.87. The van der Waals surface area contributed by atoms with Gasteiger partial charge in [-0.15, -0.1) is 0 Å². The summed E-state index contributed by atoms with van der Waals surface area (Å²) in [6, 6.07) is 12.9. The van der Waals surface area contributed by atoms with Gasteiger partial charge in [0.15, 0.2) is 0 Å². The maximum absolute atomic E-state index is 13.4. The molecule has 0 aromatic heterocycles. The summed E-state index contributed by atoms with van der Waals surface area (Å²) in [4.78, 5) is 0. The van der Waals surface area contributed by atoms with Crippen molar-refractivity contribution in [2.24, 2.45) is 0 Å². The third-order valence-electron chi connectivity index (χ3n) is 3.83. The highest BCUT2D eigenvalue weighted by molar-refractivity contribution is 5.61. The summed E-state index contributed by atoms with van der Waals surface area (Å²) in [5, 5.41) is 3.46. The summed E-state index contributed by atoms with van der Waals surface area (Å²) in [6.07, 6.45) is 0. The van der Waals surface area contributed by atoms with Crippen LogP contribution >= 0.6 is 0 Å². The van der Waals surface area contributed by atoms with Crippen LogP contribution in [0.4, 0.5) is 10.1 Å². The highest BCUT2D eigenvalue weighted by atomic mass is 19.1. The Hall–Kier alpha value is -2.03. The van der Waals surface area contributed by atoms with Crippen LogP contribution in [-0.2, 0) is 5.41 Å². The van der Waals surface area contributed by atoms with E-state index in [9.17, 15) is 4.39 Å². The second kappa shape index (κ2) is 5.06. The van der Waals surface area contributed by atoms with E-state index in [0.29, 0.717) is 6.61 Å². The van der Waals surface area contributed by atoms with E-state index >= 15 is 0 Å². The van der Waals surface area contributed by atoms with Crippen molar-refractivity contribution in [2.75, 3.05) is 11.9 Å². The molecule has 2 aromatic rings. The zero-order chi connectivity index (χ0) is 15.0. The Balaban J connectivity index is 1.90. The first-order valence-electron chi connectivity index (χ1n) is 7.23. The van der Waals surface area contributed by atoms with Crippen molar-refractivity contribution < 1.29 is 9.13 Å². The first kappa shape index (κ1) is 13.9. The highest BCUT2D eigenvalue weighted by Crippen LogP contribution is 2.37. The molecule has 21 heavy (non-hydrogen) atoms. The summed E-state index contributed by atoms with van der Waals surface area (Å²) in [6.45, 7) is 7.05. The molecule has 0 fully saturated rings. The van der Waals surface area contributed by atoms with Gasteiger partial charge >= 0.3 is 0 Å². The van der Waals surface area contributed by atoms with E-state index in [2.05, 4.69) is 38.2 Å². The molecule has 2 nitrogen and oxygen atoms in total. The second-order valence-electron chi connectivity index (χ2n) is 6.52. The van der Waals surface area contributed by atoms with E-state index < -0.39 is 0 Å². The van der Waals surface area contributed by atoms with Crippen LogP contribution in [-0.4, -0.2) is 6.61 Å². The molecule has 0 spiro atoms. The summed E-state index contributed by atoms with van der Waals surface area (Å²) in [5.74, 6) is 0.638. The lowest BCUT2D eigenvalue weighted by molar-refractivity contribution is 0.286. The Morgan fingerprint density at radius 3 is 2.67 bits per heavy atom. The van der Waals surface area contributed by atoms with Crippen LogP contribution in [0.2, 0.25) is 0 Å². The number of hydrogen-bond acceptors (Lipinski definition) is 2. The number of rotatable bonds is 1. The van der Waals surface area contributed by atoms with E-state index in [0.717, 1.165) is 17.0 Å². The smallest absolute Gasteiger partial charge is 0.142 e. The van der Waals surface area contributed by atoms with E-state index in [4.69, 9.17) is 4.74 Å². The van der Waals surface area contributed by atoms with Crippen molar-refractivity contribution in [1.82, 2.24) is 0 Å². The highest BCUT2D eigenvalue weighted by Gasteiger charge is 2.23. The molecule has 0 aliphatic carbocycles. The molecule has 0 saturated heterocycles. The van der Waals surface area contributed by atoms with Crippen molar-refractivity contribution >= 4 is 5.69 Å². The fourth-order valence-corrected chi connectivity index (χ4v) is 2.54. The minimum absolute atomic E-state index is 0.0246. The topological polar surface area (TPSA) is 21.3 Å². The monoisotopic (exact) mass is 285 g/mol. The van der Waals surface area contributed by atoms with Gasteiger partial charge in [-0.05, 0) is 40.8 Å². The van der Waals surface area contributed by atoms with E-state index in [1.54, 1.807) is 12.1 Å². The number of fused-ring (bicyclic) bond motifs is 1. The number of benzene rings is 2. The molecule has 2 aromatic carbocycles. The molecule has 110 valence electrons. The molecular formula is C18H20FNO. The Kier molecular flexibility index (Phi) is 3.36. The lowest BCUT2D eigenvalue weighted by Crippen LogP contribution is -2.24. The van der Waals surface area contributed by atoms with Crippen LogP contribution in [0.5, 0.6) is 5.75 Å². The molecule has 1 atom stereocenters. The Morgan fingerprint density at radius 2 is 1.95 bits per heavy atom. The Labute approximate surface area is 125 Å². The molecular weight excluding hydrogens is 265 g/mol. The standard InChI is InChI=1S/C18H20FNO/c1-18(2,3)13-7-8-17-15(10-13)20-16(11-21-17)12-5-4-6-14(19)9-12/h4-10,16,20H,11H2,1-3H3/t16-/m1/s1. The van der Waals surface area contributed by atoms with Gasteiger partial charge in [0.2, 0.25) is 0 Å². The average Bonchev–Trinajstić information content (AvgIpc) is 2.45. The molecule has 1 aliphatic heterocycles. The fraction of sp³-hybridized carbons (Fsp3) is 0.333. The number of hydrogen-bond donors (Lipinski definition) is 1. The largest absolute Gasteiger partial charge is 0.489 e. The van der Waals surface area contributed by atoms with Gasteiger partial charge in [0.25, 0.3) is 0 Å². The average molecular weight is 285 g/mol. The molecule has 0 amide bonds. The second-order valence-corrected chi connectivity index (χ2v) is 6.52. The van der Waals surface area contributed by atoms with Crippen LogP contribution in [0, 0.1) is 5.82 Å². The lowest BCUT2D eigenvalue weighted by Gasteiger charge is -2.30. The normalized spacial score (nSPS) is 17.6. The molecule has 0 bridgehead atoms. The molecule has 0 radical (unpaired) electrons. The van der Waals surface area contributed by atoms with E-state index in [1.807, 2.05) is 12.1 Å². The van der Waals surface area contributed by atoms with Gasteiger partial charge in [-0.3, -0.25) is 0 Å². The van der Waals surface area contributed by atoms with Crippen LogP contribution in [0.3, 0.4) is 0 Å². The maximum atomic E-state index is 13.4. The first-order chi connectivity index (χ1) is 9.93. The molecule has 1 N–H and O–H groups in total. The predicted molar refractivity (Wildman–Crippen MR) is 83.4 cm³/mol.